The van der Waals surface area contributed by atoms with E-state index in [1.165, 1.54) is 13.2 Å². The Morgan fingerprint density at radius 3 is 2.78 bits per heavy atom. The second-order valence-corrected chi connectivity index (χ2v) is 5.23. The Kier molecular flexibility index (Phi) is 5.84. The fraction of sp³-hybridized carbons (Fsp3) is 0.533. The topological polar surface area (TPSA) is 59.6 Å². The number of methoxy groups -OCH3 is 1. The Bertz CT molecular complexity index is 543. The zero-order valence-electron chi connectivity index (χ0n) is 12.7. The maximum Gasteiger partial charge on any atom is 0.416 e. The fourth-order valence-electron chi connectivity index (χ4n) is 2.28. The Hall–Kier alpha value is -1.80. The second kappa shape index (κ2) is 7.65. The van der Waals surface area contributed by atoms with Gasteiger partial charge in [-0.2, -0.15) is 13.2 Å². The molecule has 128 valence electrons. The zero-order chi connectivity index (χ0) is 16.9. The number of halogens is 3. The van der Waals surface area contributed by atoms with Crippen molar-refractivity contribution in [1.82, 2.24) is 5.32 Å². The molecule has 0 bridgehead atoms. The lowest BCUT2D eigenvalue weighted by atomic mass is 10.1. The number of carbonyl (C=O) groups is 1. The maximum atomic E-state index is 12.9. The van der Waals surface area contributed by atoms with Crippen LogP contribution in [0, 0.1) is 5.92 Å². The first-order valence-corrected chi connectivity index (χ1v) is 7.26. The molecular weight excluding hydrogens is 313 g/mol. The number of nitrogens with one attached hydrogen (secondary N) is 2. The highest BCUT2D eigenvalue weighted by atomic mass is 19.4. The third-order valence-corrected chi connectivity index (χ3v) is 3.54. The van der Waals surface area contributed by atoms with Crippen LogP contribution in [0.1, 0.15) is 12.0 Å². The van der Waals surface area contributed by atoms with Crippen molar-refractivity contribution in [2.24, 2.45) is 5.92 Å². The molecule has 1 fully saturated rings. The van der Waals surface area contributed by atoms with Gasteiger partial charge in [-0.1, -0.05) is 0 Å². The number of carbonyl (C=O) groups excluding carboxylic acids is 1. The van der Waals surface area contributed by atoms with Gasteiger partial charge in [-0.05, 0) is 31.2 Å². The van der Waals surface area contributed by atoms with E-state index in [1.807, 2.05) is 0 Å². The lowest BCUT2D eigenvalue weighted by Gasteiger charge is -2.16. The third kappa shape index (κ3) is 4.84. The van der Waals surface area contributed by atoms with Gasteiger partial charge < -0.3 is 20.1 Å². The van der Waals surface area contributed by atoms with Crippen molar-refractivity contribution in [3.05, 3.63) is 23.8 Å². The van der Waals surface area contributed by atoms with Crippen molar-refractivity contribution in [3.63, 3.8) is 0 Å². The Morgan fingerprint density at radius 1 is 1.39 bits per heavy atom. The van der Waals surface area contributed by atoms with Crippen molar-refractivity contribution < 1.29 is 27.4 Å². The molecule has 0 radical (unpaired) electrons. The van der Waals surface area contributed by atoms with Crippen molar-refractivity contribution in [3.8, 4) is 5.75 Å². The van der Waals surface area contributed by atoms with Crippen LogP contribution < -0.4 is 15.4 Å². The molecule has 1 amide bonds. The predicted octanol–water partition coefficient (Wildman–Crippen LogP) is 2.28. The minimum absolute atomic E-state index is 0.0211. The maximum absolute atomic E-state index is 12.9. The molecule has 0 spiro atoms. The molecule has 0 saturated carbocycles. The van der Waals surface area contributed by atoms with Gasteiger partial charge in [-0.15, -0.1) is 0 Å². The molecule has 23 heavy (non-hydrogen) atoms. The van der Waals surface area contributed by atoms with Crippen LogP contribution in [0.3, 0.4) is 0 Å². The summed E-state index contributed by atoms with van der Waals surface area (Å²) < 4.78 is 48.8. The minimum atomic E-state index is -4.49. The van der Waals surface area contributed by atoms with E-state index in [0.717, 1.165) is 18.7 Å². The van der Waals surface area contributed by atoms with Crippen LogP contribution in [0.2, 0.25) is 0 Å². The first kappa shape index (κ1) is 17.6. The number of hydrogen-bond donors (Lipinski definition) is 2. The molecule has 1 heterocycles. The summed E-state index contributed by atoms with van der Waals surface area (Å²) in [6, 6.07) is 3.03. The quantitative estimate of drug-likeness (QED) is 0.785. The molecule has 1 aromatic carbocycles. The van der Waals surface area contributed by atoms with Crippen LogP contribution in [0.4, 0.5) is 18.9 Å². The molecule has 0 aromatic heterocycles. The van der Waals surface area contributed by atoms with Gasteiger partial charge in [0.2, 0.25) is 5.91 Å². The van der Waals surface area contributed by atoms with Gasteiger partial charge in [0, 0.05) is 13.7 Å². The lowest BCUT2D eigenvalue weighted by molar-refractivity contribution is -0.137. The Morgan fingerprint density at radius 2 is 2.17 bits per heavy atom. The summed E-state index contributed by atoms with van der Waals surface area (Å²) in [5, 5.41) is 5.59. The number of rotatable bonds is 6. The lowest BCUT2D eigenvalue weighted by Crippen LogP contribution is -2.25. The van der Waals surface area contributed by atoms with E-state index in [1.54, 1.807) is 0 Å². The largest absolute Gasteiger partial charge is 0.489 e. The van der Waals surface area contributed by atoms with E-state index < -0.39 is 11.7 Å². The average molecular weight is 332 g/mol. The van der Waals surface area contributed by atoms with E-state index in [4.69, 9.17) is 9.47 Å². The van der Waals surface area contributed by atoms with Gasteiger partial charge in [-0.25, -0.2) is 0 Å². The molecule has 5 nitrogen and oxygen atoms in total. The van der Waals surface area contributed by atoms with Crippen LogP contribution in [0.5, 0.6) is 5.75 Å². The summed E-state index contributed by atoms with van der Waals surface area (Å²) in [7, 11) is 1.49. The molecular formula is C15H19F3N2O3. The van der Waals surface area contributed by atoms with Gasteiger partial charge in [0.1, 0.15) is 12.4 Å². The molecule has 8 heteroatoms. The normalized spacial score (nSPS) is 18.0. The number of alkyl halides is 3. The van der Waals surface area contributed by atoms with Gasteiger partial charge in [0.15, 0.2) is 0 Å². The van der Waals surface area contributed by atoms with Gasteiger partial charge in [0.05, 0.1) is 23.8 Å². The van der Waals surface area contributed by atoms with Gasteiger partial charge >= 0.3 is 6.18 Å². The smallest absolute Gasteiger partial charge is 0.416 e. The van der Waals surface area contributed by atoms with Crippen molar-refractivity contribution in [2.75, 3.05) is 38.7 Å². The zero-order valence-corrected chi connectivity index (χ0v) is 12.7. The molecule has 1 atom stereocenters. The number of anilines is 1. The summed E-state index contributed by atoms with van der Waals surface area (Å²) in [6.45, 7) is 1.71. The summed E-state index contributed by atoms with van der Waals surface area (Å²) in [5.41, 5.74) is -0.815. The number of benzene rings is 1. The van der Waals surface area contributed by atoms with Gasteiger partial charge in [0.25, 0.3) is 0 Å². The average Bonchev–Trinajstić information content (AvgIpc) is 3.02. The molecule has 1 aliphatic heterocycles. The van der Waals surface area contributed by atoms with Crippen LogP contribution in [0.15, 0.2) is 18.2 Å². The highest BCUT2D eigenvalue weighted by molar-refractivity contribution is 5.94. The van der Waals surface area contributed by atoms with Crippen LogP contribution in [0.25, 0.3) is 0 Å². The summed E-state index contributed by atoms with van der Waals surface area (Å²) in [4.78, 5) is 12.1. The first-order valence-electron chi connectivity index (χ1n) is 7.26. The van der Waals surface area contributed by atoms with Crippen molar-refractivity contribution in [1.29, 1.82) is 0 Å². The van der Waals surface area contributed by atoms with E-state index >= 15 is 0 Å². The fourth-order valence-corrected chi connectivity index (χ4v) is 2.28. The summed E-state index contributed by atoms with van der Waals surface area (Å²) >= 11 is 0. The highest BCUT2D eigenvalue weighted by Gasteiger charge is 2.32. The molecule has 2 rings (SSSR count). The first-order chi connectivity index (χ1) is 10.9. The summed E-state index contributed by atoms with van der Waals surface area (Å²) in [6.07, 6.45) is -3.83. The number of ether oxygens (including phenoxy) is 2. The highest BCUT2D eigenvalue weighted by Crippen LogP contribution is 2.35. The SMILES string of the molecule is COCCOc1ccc(C(F)(F)F)cc1NC(=O)C1CCNC1. The Labute approximate surface area is 132 Å². The monoisotopic (exact) mass is 332 g/mol. The minimum Gasteiger partial charge on any atom is -0.489 e. The molecule has 1 aromatic rings. The van der Waals surface area contributed by atoms with Crippen molar-refractivity contribution in [2.45, 2.75) is 12.6 Å². The molecule has 2 N–H and O–H groups in total. The standard InChI is InChI=1S/C15H19F3N2O3/c1-22-6-7-23-13-3-2-11(15(16,17)18)8-12(13)20-14(21)10-4-5-19-9-10/h2-3,8,10,19H,4-7,9H2,1H3,(H,20,21). The van der Waals surface area contributed by atoms with E-state index in [0.29, 0.717) is 19.6 Å². The van der Waals surface area contributed by atoms with E-state index in [2.05, 4.69) is 10.6 Å². The molecule has 1 unspecified atom stereocenters. The van der Waals surface area contributed by atoms with E-state index in [9.17, 15) is 18.0 Å². The molecule has 1 saturated heterocycles. The van der Waals surface area contributed by atoms with E-state index in [-0.39, 0.29) is 29.9 Å². The second-order valence-electron chi connectivity index (χ2n) is 5.23. The van der Waals surface area contributed by atoms with Crippen molar-refractivity contribution >= 4 is 11.6 Å². The molecule has 1 aliphatic rings. The Balaban J connectivity index is 2.18. The number of hydrogen-bond acceptors (Lipinski definition) is 4. The summed E-state index contributed by atoms with van der Waals surface area (Å²) in [5.74, 6) is -0.378. The van der Waals surface area contributed by atoms with Crippen LogP contribution >= 0.6 is 0 Å². The molecule has 0 aliphatic carbocycles. The predicted molar refractivity (Wildman–Crippen MR) is 78.4 cm³/mol. The number of amides is 1. The third-order valence-electron chi connectivity index (χ3n) is 3.54. The van der Waals surface area contributed by atoms with Crippen LogP contribution in [-0.4, -0.2) is 39.3 Å². The van der Waals surface area contributed by atoms with Crippen LogP contribution in [-0.2, 0) is 15.7 Å². The van der Waals surface area contributed by atoms with Gasteiger partial charge in [-0.3, -0.25) is 4.79 Å².